The number of hydrogen-bond donors (Lipinski definition) is 1. The molecule has 0 saturated carbocycles. The molecular weight excluding hydrogens is 428 g/mol. The fraction of sp³-hybridized carbons (Fsp3) is 0.450. The predicted octanol–water partition coefficient (Wildman–Crippen LogP) is 4.68. The lowest BCUT2D eigenvalue weighted by molar-refractivity contribution is -0.384. The van der Waals surface area contributed by atoms with E-state index in [1.807, 2.05) is 13.8 Å². The van der Waals surface area contributed by atoms with E-state index in [4.69, 9.17) is 11.6 Å². The molecule has 0 bridgehead atoms. The number of nitrogens with one attached hydrogen (secondary N) is 1. The quantitative estimate of drug-likeness (QED) is 0.303. The van der Waals surface area contributed by atoms with E-state index in [-0.39, 0.29) is 34.6 Å². The largest absolute Gasteiger partial charge is 0.351 e. The van der Waals surface area contributed by atoms with Crippen LogP contribution in [-0.2, 0) is 6.54 Å². The lowest BCUT2D eigenvalue weighted by Crippen LogP contribution is -2.32. The molecule has 2 amide bonds. The third-order valence-electron chi connectivity index (χ3n) is 4.39. The van der Waals surface area contributed by atoms with Crippen molar-refractivity contribution in [3.8, 4) is 0 Å². The SMILES string of the molecule is CCCCNC(=O)c1csc(CN(CCCC)C(=O)c2ccc([N+](=O)[O-])cc2Cl)n1. The Morgan fingerprint density at radius 3 is 2.63 bits per heavy atom. The van der Waals surface area contributed by atoms with Gasteiger partial charge in [0, 0.05) is 30.6 Å². The number of nitrogens with zero attached hydrogens (tertiary/aromatic N) is 3. The number of benzene rings is 1. The lowest BCUT2D eigenvalue weighted by Gasteiger charge is -2.22. The molecule has 0 saturated heterocycles. The van der Waals surface area contributed by atoms with Crippen LogP contribution in [0.15, 0.2) is 23.6 Å². The molecule has 1 heterocycles. The lowest BCUT2D eigenvalue weighted by atomic mass is 10.1. The first-order valence-corrected chi connectivity index (χ1v) is 11.1. The number of carbonyl (C=O) groups is 2. The van der Waals surface area contributed by atoms with Gasteiger partial charge in [0.15, 0.2) is 0 Å². The standard InChI is InChI=1S/C20H25ClN4O4S/c1-3-5-9-22-19(26)17-13-30-18(23-17)12-24(10-6-4-2)20(27)15-8-7-14(25(28)29)11-16(15)21/h7-8,11,13H,3-6,9-10,12H2,1-2H3,(H,22,26). The summed E-state index contributed by atoms with van der Waals surface area (Å²) in [7, 11) is 0. The number of halogens is 1. The van der Waals surface area contributed by atoms with E-state index in [0.717, 1.165) is 25.7 Å². The van der Waals surface area contributed by atoms with Gasteiger partial charge in [-0.15, -0.1) is 11.3 Å². The topological polar surface area (TPSA) is 105 Å². The molecule has 2 rings (SSSR count). The van der Waals surface area contributed by atoms with E-state index in [0.29, 0.717) is 23.8 Å². The van der Waals surface area contributed by atoms with Crippen LogP contribution >= 0.6 is 22.9 Å². The Hall–Kier alpha value is -2.52. The van der Waals surface area contributed by atoms with Gasteiger partial charge in [-0.1, -0.05) is 38.3 Å². The molecular formula is C20H25ClN4O4S. The van der Waals surface area contributed by atoms with E-state index >= 15 is 0 Å². The van der Waals surface area contributed by atoms with Gasteiger partial charge in [-0.05, 0) is 18.9 Å². The van der Waals surface area contributed by atoms with E-state index < -0.39 is 4.92 Å². The summed E-state index contributed by atoms with van der Waals surface area (Å²) in [6.45, 7) is 5.39. The molecule has 0 spiro atoms. The maximum absolute atomic E-state index is 13.0. The van der Waals surface area contributed by atoms with Crippen molar-refractivity contribution in [2.24, 2.45) is 0 Å². The van der Waals surface area contributed by atoms with E-state index in [2.05, 4.69) is 10.3 Å². The first-order chi connectivity index (χ1) is 14.4. The summed E-state index contributed by atoms with van der Waals surface area (Å²) >= 11 is 7.45. The molecule has 10 heteroatoms. The van der Waals surface area contributed by atoms with Crippen LogP contribution in [0, 0.1) is 10.1 Å². The molecule has 0 fully saturated rings. The number of nitro groups is 1. The highest BCUT2D eigenvalue weighted by Crippen LogP contribution is 2.25. The van der Waals surface area contributed by atoms with Crippen molar-refractivity contribution in [3.63, 3.8) is 0 Å². The molecule has 0 atom stereocenters. The number of carbonyl (C=O) groups excluding carboxylic acids is 2. The minimum Gasteiger partial charge on any atom is -0.351 e. The number of amides is 2. The van der Waals surface area contributed by atoms with Gasteiger partial charge in [-0.2, -0.15) is 0 Å². The second-order valence-electron chi connectivity index (χ2n) is 6.74. The first-order valence-electron chi connectivity index (χ1n) is 9.83. The highest BCUT2D eigenvalue weighted by atomic mass is 35.5. The van der Waals surface area contributed by atoms with Crippen LogP contribution in [0.3, 0.4) is 0 Å². The van der Waals surface area contributed by atoms with Crippen LogP contribution in [0.1, 0.15) is 65.4 Å². The van der Waals surface area contributed by atoms with Gasteiger partial charge in [0.1, 0.15) is 10.7 Å². The summed E-state index contributed by atoms with van der Waals surface area (Å²) in [6.07, 6.45) is 3.56. The minimum atomic E-state index is -0.558. The fourth-order valence-electron chi connectivity index (χ4n) is 2.68. The zero-order chi connectivity index (χ0) is 22.1. The molecule has 162 valence electrons. The monoisotopic (exact) mass is 452 g/mol. The summed E-state index contributed by atoms with van der Waals surface area (Å²) in [5.41, 5.74) is 0.366. The van der Waals surface area contributed by atoms with Crippen molar-refractivity contribution in [2.75, 3.05) is 13.1 Å². The number of hydrogen-bond acceptors (Lipinski definition) is 6. The third kappa shape index (κ3) is 6.50. The van der Waals surface area contributed by atoms with Crippen molar-refractivity contribution in [3.05, 3.63) is 55.0 Å². The normalized spacial score (nSPS) is 10.6. The minimum absolute atomic E-state index is 0.0332. The average Bonchev–Trinajstić information content (AvgIpc) is 3.19. The van der Waals surface area contributed by atoms with Crippen LogP contribution < -0.4 is 5.32 Å². The van der Waals surface area contributed by atoms with Gasteiger partial charge < -0.3 is 10.2 Å². The van der Waals surface area contributed by atoms with Crippen LogP contribution in [0.2, 0.25) is 5.02 Å². The highest BCUT2D eigenvalue weighted by Gasteiger charge is 2.22. The number of aromatic nitrogens is 1. The molecule has 8 nitrogen and oxygen atoms in total. The number of nitro benzene ring substituents is 1. The molecule has 2 aromatic rings. The number of non-ortho nitro benzene ring substituents is 1. The maximum Gasteiger partial charge on any atom is 0.270 e. The van der Waals surface area contributed by atoms with Gasteiger partial charge in [-0.25, -0.2) is 4.98 Å². The van der Waals surface area contributed by atoms with Gasteiger partial charge >= 0.3 is 0 Å². The summed E-state index contributed by atoms with van der Waals surface area (Å²) in [4.78, 5) is 41.5. The van der Waals surface area contributed by atoms with E-state index in [9.17, 15) is 19.7 Å². The van der Waals surface area contributed by atoms with Crippen LogP contribution in [0.5, 0.6) is 0 Å². The fourth-order valence-corrected chi connectivity index (χ4v) is 3.73. The second kappa shape index (κ2) is 11.6. The smallest absolute Gasteiger partial charge is 0.270 e. The van der Waals surface area contributed by atoms with Crippen molar-refractivity contribution in [2.45, 2.75) is 46.1 Å². The van der Waals surface area contributed by atoms with Crippen molar-refractivity contribution < 1.29 is 14.5 Å². The van der Waals surface area contributed by atoms with Gasteiger partial charge in [0.05, 0.1) is 22.1 Å². The van der Waals surface area contributed by atoms with Gasteiger partial charge in [0.25, 0.3) is 17.5 Å². The first kappa shape index (κ1) is 23.8. The third-order valence-corrected chi connectivity index (χ3v) is 5.54. The zero-order valence-electron chi connectivity index (χ0n) is 17.0. The maximum atomic E-state index is 13.0. The predicted molar refractivity (Wildman–Crippen MR) is 117 cm³/mol. The van der Waals surface area contributed by atoms with Crippen LogP contribution in [0.25, 0.3) is 0 Å². The molecule has 1 aromatic heterocycles. The van der Waals surface area contributed by atoms with E-state index in [1.165, 1.54) is 29.5 Å². The van der Waals surface area contributed by atoms with Gasteiger partial charge in [0.2, 0.25) is 0 Å². The second-order valence-corrected chi connectivity index (χ2v) is 8.09. The zero-order valence-corrected chi connectivity index (χ0v) is 18.6. The van der Waals surface area contributed by atoms with Crippen LogP contribution in [0.4, 0.5) is 5.69 Å². The summed E-state index contributed by atoms with van der Waals surface area (Å²) in [5, 5.41) is 16.1. The molecule has 0 aliphatic heterocycles. The Morgan fingerprint density at radius 1 is 1.27 bits per heavy atom. The molecule has 30 heavy (non-hydrogen) atoms. The molecule has 1 aromatic carbocycles. The highest BCUT2D eigenvalue weighted by molar-refractivity contribution is 7.09. The summed E-state index contributed by atoms with van der Waals surface area (Å²) < 4.78 is 0. The van der Waals surface area contributed by atoms with Crippen molar-refractivity contribution >= 4 is 40.4 Å². The molecule has 0 aliphatic carbocycles. The van der Waals surface area contributed by atoms with Crippen molar-refractivity contribution in [1.29, 1.82) is 0 Å². The molecule has 0 aliphatic rings. The van der Waals surface area contributed by atoms with Crippen molar-refractivity contribution in [1.82, 2.24) is 15.2 Å². The Bertz CT molecular complexity index is 903. The molecule has 1 N–H and O–H groups in total. The van der Waals surface area contributed by atoms with Crippen LogP contribution in [-0.4, -0.2) is 39.7 Å². The Labute approximate surface area is 184 Å². The average molecular weight is 453 g/mol. The number of unbranched alkanes of at least 4 members (excludes halogenated alkanes) is 2. The summed E-state index contributed by atoms with van der Waals surface area (Å²) in [6, 6.07) is 3.81. The Balaban J connectivity index is 2.15. The molecule has 0 radical (unpaired) electrons. The summed E-state index contributed by atoms with van der Waals surface area (Å²) in [5.74, 6) is -0.553. The van der Waals surface area contributed by atoms with E-state index in [1.54, 1.807) is 10.3 Å². The molecule has 0 unspecified atom stereocenters. The van der Waals surface area contributed by atoms with Gasteiger partial charge in [-0.3, -0.25) is 19.7 Å². The Kier molecular flexibility index (Phi) is 9.19. The number of thiazole rings is 1. The Morgan fingerprint density at radius 2 is 2.00 bits per heavy atom. The number of rotatable bonds is 11.